The van der Waals surface area contributed by atoms with E-state index >= 15 is 0 Å². The summed E-state index contributed by atoms with van der Waals surface area (Å²) in [6.07, 6.45) is 3.52. The molecule has 1 unspecified atom stereocenters. The molecule has 1 fully saturated rings. The van der Waals surface area contributed by atoms with Gasteiger partial charge in [0.2, 0.25) is 5.76 Å². The molecule has 1 saturated carbocycles. The van der Waals surface area contributed by atoms with Crippen molar-refractivity contribution in [3.8, 4) is 11.8 Å². The summed E-state index contributed by atoms with van der Waals surface area (Å²) in [4.78, 5) is 30.3. The van der Waals surface area contributed by atoms with Crippen LogP contribution in [0.25, 0.3) is 20.4 Å². The molecule has 38 heavy (non-hydrogen) atoms. The predicted molar refractivity (Wildman–Crippen MR) is 148 cm³/mol. The number of hydrogen-bond acceptors (Lipinski definition) is 7. The van der Waals surface area contributed by atoms with Crippen LogP contribution in [0.2, 0.25) is 0 Å². The minimum absolute atomic E-state index is 0.300. The molecule has 1 amide bonds. The van der Waals surface area contributed by atoms with E-state index in [2.05, 4.69) is 22.1 Å². The quantitative estimate of drug-likeness (QED) is 0.227. The van der Waals surface area contributed by atoms with Crippen LogP contribution in [0.1, 0.15) is 52.5 Å². The summed E-state index contributed by atoms with van der Waals surface area (Å²) in [6.45, 7) is 3.80. The summed E-state index contributed by atoms with van der Waals surface area (Å²) in [7, 11) is 0. The lowest BCUT2D eigenvalue weighted by atomic mass is 10.1. The van der Waals surface area contributed by atoms with Crippen molar-refractivity contribution < 1.29 is 23.8 Å². The molecular formula is C29H22N2O5S2. The molecule has 6 rings (SSSR count). The van der Waals surface area contributed by atoms with Gasteiger partial charge in [-0.2, -0.15) is 0 Å². The van der Waals surface area contributed by atoms with Crippen molar-refractivity contribution in [3.05, 3.63) is 81.5 Å². The Bertz CT molecular complexity index is 1750. The summed E-state index contributed by atoms with van der Waals surface area (Å²) >= 11 is 3.04. The Morgan fingerprint density at radius 3 is 2.74 bits per heavy atom. The van der Waals surface area contributed by atoms with Gasteiger partial charge in [0.05, 0.1) is 15.1 Å². The Kier molecular flexibility index (Phi) is 5.94. The van der Waals surface area contributed by atoms with Crippen molar-refractivity contribution in [2.24, 2.45) is 0 Å². The van der Waals surface area contributed by atoms with E-state index < -0.39 is 23.6 Å². The molecule has 2 N–H and O–H groups in total. The van der Waals surface area contributed by atoms with Crippen LogP contribution in [0.3, 0.4) is 0 Å². The van der Waals surface area contributed by atoms with Crippen molar-refractivity contribution in [1.29, 1.82) is 0 Å². The Balaban J connectivity index is 1.26. The van der Waals surface area contributed by atoms with Gasteiger partial charge in [-0.1, -0.05) is 24.3 Å². The van der Waals surface area contributed by atoms with Gasteiger partial charge in [-0.15, -0.1) is 22.7 Å². The van der Waals surface area contributed by atoms with Gasteiger partial charge < -0.3 is 14.3 Å². The van der Waals surface area contributed by atoms with Crippen molar-refractivity contribution >= 4 is 60.8 Å². The number of carbonyl (C=O) groups is 2. The Morgan fingerprint density at radius 1 is 1.18 bits per heavy atom. The van der Waals surface area contributed by atoms with E-state index in [9.17, 15) is 14.7 Å². The van der Waals surface area contributed by atoms with Crippen LogP contribution in [0.15, 0.2) is 59.3 Å². The lowest BCUT2D eigenvalue weighted by Crippen LogP contribution is -2.17. The van der Waals surface area contributed by atoms with Crippen molar-refractivity contribution in [1.82, 2.24) is 4.98 Å². The molecule has 4 heterocycles. The second-order valence-corrected chi connectivity index (χ2v) is 11.7. The molecule has 1 aliphatic rings. The predicted octanol–water partition coefficient (Wildman–Crippen LogP) is 7.24. The Hall–Kier alpha value is -4.13. The maximum atomic E-state index is 12.8. The van der Waals surface area contributed by atoms with E-state index in [1.807, 2.05) is 50.2 Å². The van der Waals surface area contributed by atoms with Gasteiger partial charge >= 0.3 is 12.1 Å². The van der Waals surface area contributed by atoms with Crippen LogP contribution in [0, 0.1) is 18.8 Å². The van der Waals surface area contributed by atoms with Crippen LogP contribution >= 0.6 is 22.7 Å². The number of benzene rings is 1. The monoisotopic (exact) mass is 542 g/mol. The molecule has 0 aliphatic heterocycles. The molecule has 5 aromatic rings. The number of ether oxygens (including phenoxy) is 1. The fourth-order valence-electron chi connectivity index (χ4n) is 4.51. The molecule has 190 valence electrons. The van der Waals surface area contributed by atoms with E-state index in [0.717, 1.165) is 30.3 Å². The van der Waals surface area contributed by atoms with Crippen LogP contribution in [-0.2, 0) is 14.9 Å². The summed E-state index contributed by atoms with van der Waals surface area (Å²) < 4.78 is 12.6. The molecule has 0 spiro atoms. The number of anilines is 1. The van der Waals surface area contributed by atoms with Gasteiger partial charge in [0, 0.05) is 21.8 Å². The van der Waals surface area contributed by atoms with E-state index in [-0.39, 0.29) is 0 Å². The summed E-state index contributed by atoms with van der Waals surface area (Å²) in [5, 5.41) is 14.1. The second kappa shape index (κ2) is 9.31. The van der Waals surface area contributed by atoms with Crippen LogP contribution in [0.4, 0.5) is 10.5 Å². The number of hydrogen-bond donors (Lipinski definition) is 2. The number of carboxylic acid groups (broad SMARTS) is 1. The largest absolute Gasteiger partial charge is 0.481 e. The molecule has 1 atom stereocenters. The standard InChI is InChI=1S/C29H22N2O5S2/c1-16-5-3-4-6-20(16)17(2)35-28(34)31-25-21-9-12-30-15-23(21)36-22(25)8-7-19-13-18-14-24(38-26(18)37-19)29(10-11-29)27(32)33/h3-6,9,12-15,17H,10-11H2,1-2H3,(H,31,34)(H,32,33). The summed E-state index contributed by atoms with van der Waals surface area (Å²) in [6, 6.07) is 13.4. The van der Waals surface area contributed by atoms with Gasteiger partial charge in [-0.3, -0.25) is 15.1 Å². The SMILES string of the molecule is Cc1ccccc1C(C)OC(=O)Nc1c(C#Cc2cc3cc(C4(C(=O)O)CC4)sc3s2)oc2cnccc12. The number of aliphatic carboxylic acids is 1. The third kappa shape index (κ3) is 4.32. The van der Waals surface area contributed by atoms with Gasteiger partial charge in [-0.25, -0.2) is 4.79 Å². The zero-order chi connectivity index (χ0) is 26.4. The Morgan fingerprint density at radius 2 is 2.00 bits per heavy atom. The molecule has 9 heteroatoms. The van der Waals surface area contributed by atoms with Crippen molar-refractivity contribution in [3.63, 3.8) is 0 Å². The maximum absolute atomic E-state index is 12.8. The van der Waals surface area contributed by atoms with Crippen molar-refractivity contribution in [2.45, 2.75) is 38.2 Å². The number of amides is 1. The molecule has 7 nitrogen and oxygen atoms in total. The average molecular weight is 543 g/mol. The molecule has 0 bridgehead atoms. The zero-order valence-electron chi connectivity index (χ0n) is 20.5. The first-order chi connectivity index (χ1) is 18.3. The van der Waals surface area contributed by atoms with Gasteiger partial charge in [0.15, 0.2) is 5.58 Å². The fourth-order valence-corrected chi connectivity index (χ4v) is 7.04. The Labute approximate surface area is 226 Å². The normalized spacial score (nSPS) is 14.6. The van der Waals surface area contributed by atoms with E-state index in [0.29, 0.717) is 35.3 Å². The van der Waals surface area contributed by atoms with Crippen LogP contribution in [0.5, 0.6) is 0 Å². The van der Waals surface area contributed by atoms with Crippen LogP contribution < -0.4 is 5.32 Å². The molecule has 1 aromatic carbocycles. The fraction of sp³-hybridized carbons (Fsp3) is 0.207. The number of furan rings is 1. The molecule has 0 radical (unpaired) electrons. The van der Waals surface area contributed by atoms with Crippen LogP contribution in [-0.4, -0.2) is 22.2 Å². The van der Waals surface area contributed by atoms with Crippen molar-refractivity contribution in [2.75, 3.05) is 5.32 Å². The molecular weight excluding hydrogens is 520 g/mol. The number of aromatic nitrogens is 1. The number of thiophene rings is 2. The van der Waals surface area contributed by atoms with E-state index in [4.69, 9.17) is 9.15 Å². The summed E-state index contributed by atoms with van der Waals surface area (Å²) in [5.41, 5.74) is 2.19. The number of carbonyl (C=O) groups excluding carboxylic acids is 1. The lowest BCUT2D eigenvalue weighted by Gasteiger charge is -2.16. The second-order valence-electron chi connectivity index (χ2n) is 9.31. The minimum Gasteiger partial charge on any atom is -0.481 e. The van der Waals surface area contributed by atoms with Gasteiger partial charge in [-0.05, 0) is 67.9 Å². The number of nitrogens with one attached hydrogen (secondary N) is 1. The third-order valence-electron chi connectivity index (χ3n) is 6.77. The number of fused-ring (bicyclic) bond motifs is 2. The smallest absolute Gasteiger partial charge is 0.412 e. The molecule has 0 saturated heterocycles. The minimum atomic E-state index is -0.752. The van der Waals surface area contributed by atoms with E-state index in [1.165, 1.54) is 22.7 Å². The molecule has 1 aliphatic carbocycles. The first-order valence-corrected chi connectivity index (χ1v) is 13.7. The first kappa shape index (κ1) is 24.2. The molecule has 4 aromatic heterocycles. The highest BCUT2D eigenvalue weighted by atomic mass is 32.2. The van der Waals surface area contributed by atoms with Gasteiger partial charge in [0.1, 0.15) is 17.2 Å². The maximum Gasteiger partial charge on any atom is 0.412 e. The lowest BCUT2D eigenvalue weighted by molar-refractivity contribution is -0.139. The topological polar surface area (TPSA) is 102 Å². The van der Waals surface area contributed by atoms with E-state index in [1.54, 1.807) is 18.5 Å². The number of pyridine rings is 1. The number of carboxylic acids is 1. The number of rotatable bonds is 5. The first-order valence-electron chi connectivity index (χ1n) is 12.0. The highest BCUT2D eigenvalue weighted by molar-refractivity contribution is 7.38. The zero-order valence-corrected chi connectivity index (χ0v) is 22.2. The highest BCUT2D eigenvalue weighted by Crippen LogP contribution is 2.52. The highest BCUT2D eigenvalue weighted by Gasteiger charge is 2.53. The number of nitrogens with zero attached hydrogens (tertiary/aromatic N) is 1. The summed E-state index contributed by atoms with van der Waals surface area (Å²) in [5.74, 6) is 5.73. The number of aryl methyl sites for hydroxylation is 1. The van der Waals surface area contributed by atoms with Gasteiger partial charge in [0.25, 0.3) is 0 Å². The average Bonchev–Trinajstić information content (AvgIpc) is 3.32. The third-order valence-corrected chi connectivity index (χ3v) is 9.29.